The Morgan fingerprint density at radius 3 is 2.58 bits per heavy atom. The zero-order chi connectivity index (χ0) is 27.8. The molecular formula is C26H30BrN5O6. The van der Waals surface area contributed by atoms with E-state index in [0.717, 1.165) is 11.1 Å². The van der Waals surface area contributed by atoms with Crippen LogP contribution in [0.2, 0.25) is 0 Å². The number of aryl methyl sites for hydroxylation is 2. The van der Waals surface area contributed by atoms with E-state index in [1.54, 1.807) is 46.9 Å². The highest BCUT2D eigenvalue weighted by atomic mass is 79.9. The van der Waals surface area contributed by atoms with Crippen LogP contribution >= 0.6 is 15.9 Å². The zero-order valence-electron chi connectivity index (χ0n) is 21.8. The van der Waals surface area contributed by atoms with Gasteiger partial charge in [0.1, 0.15) is 27.7 Å². The van der Waals surface area contributed by atoms with Crippen molar-refractivity contribution < 1.29 is 24.0 Å². The van der Waals surface area contributed by atoms with Crippen LogP contribution in [0.5, 0.6) is 5.75 Å². The van der Waals surface area contributed by atoms with Gasteiger partial charge in [-0.05, 0) is 79.4 Å². The number of nitro groups is 1. The number of rotatable bonds is 7. The first-order valence-electron chi connectivity index (χ1n) is 12.1. The van der Waals surface area contributed by atoms with Crippen LogP contribution in [0.4, 0.5) is 10.5 Å². The van der Waals surface area contributed by atoms with Crippen LogP contribution in [-0.4, -0.2) is 45.2 Å². The minimum absolute atomic E-state index is 0.101. The standard InChI is InChI=1S/C26H30BrN5O6/c1-14-12-19-21(22(20(14)27)32(35)36)30-23-17(10-11-31(19)23)28-24(33)18(29-25(34)38-26(2,3)4)13-15-6-8-16(37-5)9-7-15/h6-9,12,17-18H,10-11,13H2,1-5H3,(H,28,33)(H,29,34)/t17-,18-/m0/s1. The highest BCUT2D eigenvalue weighted by Crippen LogP contribution is 2.39. The summed E-state index contributed by atoms with van der Waals surface area (Å²) in [6.45, 7) is 7.56. The summed E-state index contributed by atoms with van der Waals surface area (Å²) >= 11 is 3.31. The van der Waals surface area contributed by atoms with E-state index in [0.29, 0.717) is 34.5 Å². The van der Waals surface area contributed by atoms with Gasteiger partial charge in [0.25, 0.3) is 0 Å². The topological polar surface area (TPSA) is 138 Å². The maximum atomic E-state index is 13.5. The molecule has 0 spiro atoms. The van der Waals surface area contributed by atoms with E-state index in [-0.39, 0.29) is 17.6 Å². The van der Waals surface area contributed by atoms with Gasteiger partial charge in [0.2, 0.25) is 5.91 Å². The van der Waals surface area contributed by atoms with E-state index in [9.17, 15) is 19.7 Å². The largest absolute Gasteiger partial charge is 0.497 e. The molecule has 0 bridgehead atoms. The van der Waals surface area contributed by atoms with Crippen LogP contribution in [0.15, 0.2) is 34.8 Å². The first kappa shape index (κ1) is 27.4. The minimum atomic E-state index is -0.928. The van der Waals surface area contributed by atoms with Gasteiger partial charge in [0.15, 0.2) is 5.52 Å². The second-order valence-corrected chi connectivity index (χ2v) is 11.0. The predicted octanol–water partition coefficient (Wildman–Crippen LogP) is 4.72. The van der Waals surface area contributed by atoms with Crippen molar-refractivity contribution >= 4 is 44.7 Å². The Morgan fingerprint density at radius 1 is 1.29 bits per heavy atom. The van der Waals surface area contributed by atoms with Gasteiger partial charge in [-0.15, -0.1) is 0 Å². The summed E-state index contributed by atoms with van der Waals surface area (Å²) in [5, 5.41) is 17.4. The SMILES string of the molecule is COc1ccc(C[C@H](NC(=O)OC(C)(C)C)C(=O)N[C@H]2CCn3c2nc2c([N+](=O)[O-])c(Br)c(C)cc23)cc1. The molecule has 0 unspecified atom stereocenters. The molecule has 0 saturated heterocycles. The van der Waals surface area contributed by atoms with Gasteiger partial charge in [-0.25, -0.2) is 9.78 Å². The number of alkyl carbamates (subject to hydrolysis) is 1. The fourth-order valence-electron chi connectivity index (χ4n) is 4.48. The summed E-state index contributed by atoms with van der Waals surface area (Å²) in [6.07, 6.45) is 0.0746. The molecular weight excluding hydrogens is 558 g/mol. The first-order chi connectivity index (χ1) is 17.9. The maximum Gasteiger partial charge on any atom is 0.408 e. The number of fused-ring (bicyclic) bond motifs is 3. The third-order valence-electron chi connectivity index (χ3n) is 6.23. The van der Waals surface area contributed by atoms with Crippen molar-refractivity contribution in [3.8, 4) is 5.75 Å². The van der Waals surface area contributed by atoms with Gasteiger partial charge in [0, 0.05) is 13.0 Å². The van der Waals surface area contributed by atoms with Crippen molar-refractivity contribution in [3.63, 3.8) is 0 Å². The molecule has 1 aliphatic heterocycles. The Labute approximate surface area is 228 Å². The number of hydrogen-bond donors (Lipinski definition) is 2. The smallest absolute Gasteiger partial charge is 0.408 e. The van der Waals surface area contributed by atoms with Gasteiger partial charge >= 0.3 is 11.8 Å². The Hall–Kier alpha value is -3.67. The predicted molar refractivity (Wildman–Crippen MR) is 144 cm³/mol. The number of nitrogens with one attached hydrogen (secondary N) is 2. The molecule has 2 N–H and O–H groups in total. The maximum absolute atomic E-state index is 13.5. The van der Waals surface area contributed by atoms with Crippen molar-refractivity contribution in [1.29, 1.82) is 0 Å². The molecule has 0 fully saturated rings. The molecule has 2 atom stereocenters. The number of benzene rings is 2. The fraction of sp³-hybridized carbons (Fsp3) is 0.423. The first-order valence-corrected chi connectivity index (χ1v) is 12.9. The number of aromatic nitrogens is 2. The van der Waals surface area contributed by atoms with Crippen LogP contribution in [-0.2, 0) is 22.5 Å². The Balaban J connectivity index is 1.60. The molecule has 38 heavy (non-hydrogen) atoms. The van der Waals surface area contributed by atoms with Gasteiger partial charge in [-0.3, -0.25) is 14.9 Å². The Bertz CT molecular complexity index is 1400. The summed E-state index contributed by atoms with van der Waals surface area (Å²) in [6, 6.07) is 7.65. The molecule has 0 radical (unpaired) electrons. The van der Waals surface area contributed by atoms with Gasteiger partial charge in [0.05, 0.1) is 23.6 Å². The molecule has 2 heterocycles. The van der Waals surface area contributed by atoms with E-state index in [2.05, 4.69) is 31.5 Å². The number of hydrogen-bond acceptors (Lipinski definition) is 7. The minimum Gasteiger partial charge on any atom is -0.497 e. The second kappa shape index (κ2) is 10.6. The van der Waals surface area contributed by atoms with Crippen molar-refractivity contribution in [2.45, 2.75) is 64.8 Å². The lowest BCUT2D eigenvalue weighted by atomic mass is 10.0. The monoisotopic (exact) mass is 587 g/mol. The summed E-state index contributed by atoms with van der Waals surface area (Å²) in [7, 11) is 1.57. The zero-order valence-corrected chi connectivity index (χ0v) is 23.4. The van der Waals surface area contributed by atoms with E-state index in [4.69, 9.17) is 9.47 Å². The number of ether oxygens (including phenoxy) is 2. The third-order valence-corrected chi connectivity index (χ3v) is 7.23. The normalized spacial score (nSPS) is 15.6. The molecule has 4 rings (SSSR count). The number of amides is 2. The molecule has 0 saturated carbocycles. The molecule has 2 aromatic carbocycles. The average molecular weight is 588 g/mol. The number of nitro benzene ring substituents is 1. The molecule has 0 aliphatic carbocycles. The van der Waals surface area contributed by atoms with E-state index in [1.165, 1.54) is 0 Å². The van der Waals surface area contributed by atoms with Gasteiger partial charge in [-0.2, -0.15) is 0 Å². The Morgan fingerprint density at radius 2 is 1.97 bits per heavy atom. The van der Waals surface area contributed by atoms with Crippen molar-refractivity contribution in [1.82, 2.24) is 20.2 Å². The summed E-state index contributed by atoms with van der Waals surface area (Å²) < 4.78 is 12.9. The summed E-state index contributed by atoms with van der Waals surface area (Å²) in [4.78, 5) is 41.9. The van der Waals surface area contributed by atoms with E-state index >= 15 is 0 Å². The van der Waals surface area contributed by atoms with E-state index in [1.807, 2.05) is 22.8 Å². The Kier molecular flexibility index (Phi) is 7.63. The van der Waals surface area contributed by atoms with Crippen LogP contribution in [0, 0.1) is 17.0 Å². The van der Waals surface area contributed by atoms with Crippen LogP contribution < -0.4 is 15.4 Å². The summed E-state index contributed by atoms with van der Waals surface area (Å²) in [5.74, 6) is 0.800. The lowest BCUT2D eigenvalue weighted by molar-refractivity contribution is -0.384. The third kappa shape index (κ3) is 5.74. The lowest BCUT2D eigenvalue weighted by Crippen LogP contribution is -2.50. The fourth-order valence-corrected chi connectivity index (χ4v) is 4.93. The number of halogens is 1. The average Bonchev–Trinajstić information content (AvgIpc) is 3.38. The van der Waals surface area contributed by atoms with Crippen molar-refractivity contribution in [2.24, 2.45) is 0 Å². The quantitative estimate of drug-likeness (QED) is 0.301. The number of methoxy groups -OCH3 is 1. The number of imidazole rings is 1. The molecule has 3 aromatic rings. The highest BCUT2D eigenvalue weighted by molar-refractivity contribution is 9.10. The molecule has 2 amide bonds. The van der Waals surface area contributed by atoms with Gasteiger partial charge < -0.3 is 24.7 Å². The molecule has 1 aliphatic rings. The molecule has 202 valence electrons. The van der Waals surface area contributed by atoms with Crippen LogP contribution in [0.25, 0.3) is 11.0 Å². The highest BCUT2D eigenvalue weighted by Gasteiger charge is 2.34. The number of carbonyl (C=O) groups is 2. The number of carbonyl (C=O) groups excluding carboxylic acids is 2. The molecule has 11 nitrogen and oxygen atoms in total. The van der Waals surface area contributed by atoms with Crippen molar-refractivity contribution in [3.05, 3.63) is 61.9 Å². The summed E-state index contributed by atoms with van der Waals surface area (Å²) in [5.41, 5.74) is 1.62. The van der Waals surface area contributed by atoms with E-state index < -0.39 is 34.6 Å². The lowest BCUT2D eigenvalue weighted by Gasteiger charge is -2.24. The molecule has 12 heteroatoms. The molecule has 1 aromatic heterocycles. The second-order valence-electron chi connectivity index (χ2n) is 10.2. The van der Waals surface area contributed by atoms with Crippen LogP contribution in [0.1, 0.15) is 50.2 Å². The number of nitrogens with zero attached hydrogens (tertiary/aromatic N) is 3. The van der Waals surface area contributed by atoms with Crippen LogP contribution in [0.3, 0.4) is 0 Å². The van der Waals surface area contributed by atoms with Crippen molar-refractivity contribution in [2.75, 3.05) is 7.11 Å². The van der Waals surface area contributed by atoms with Gasteiger partial charge in [-0.1, -0.05) is 12.1 Å².